The first-order valence-corrected chi connectivity index (χ1v) is 9.27. The Morgan fingerprint density at radius 2 is 2.00 bits per heavy atom. The van der Waals surface area contributed by atoms with Crippen LogP contribution in [-0.4, -0.2) is 42.3 Å². The summed E-state index contributed by atoms with van der Waals surface area (Å²) >= 11 is 6.55. The Labute approximate surface area is 148 Å². The number of ether oxygens (including phenoxy) is 1. The molecular weight excluding hydrogens is 324 g/mol. The fourth-order valence-electron chi connectivity index (χ4n) is 3.98. The molecule has 5 heteroatoms. The molecule has 1 amide bonds. The van der Waals surface area contributed by atoms with Gasteiger partial charge in [-0.2, -0.15) is 0 Å². The summed E-state index contributed by atoms with van der Waals surface area (Å²) in [7, 11) is 0. The predicted molar refractivity (Wildman–Crippen MR) is 96.1 cm³/mol. The Balaban J connectivity index is 1.63. The van der Waals surface area contributed by atoms with E-state index in [1.54, 1.807) is 0 Å². The summed E-state index contributed by atoms with van der Waals surface area (Å²) in [5.41, 5.74) is 3.49. The molecule has 2 aliphatic heterocycles. The summed E-state index contributed by atoms with van der Waals surface area (Å²) in [6.07, 6.45) is 3.17. The van der Waals surface area contributed by atoms with E-state index in [0.717, 1.165) is 24.5 Å². The van der Waals surface area contributed by atoms with Crippen LogP contribution in [0.25, 0.3) is 0 Å². The fourth-order valence-corrected chi connectivity index (χ4v) is 4.25. The molecule has 1 aliphatic carbocycles. The number of amides is 1. The van der Waals surface area contributed by atoms with Gasteiger partial charge in [-0.1, -0.05) is 17.7 Å². The summed E-state index contributed by atoms with van der Waals surface area (Å²) in [6, 6.07) is 4.80. The molecule has 0 radical (unpaired) electrons. The molecule has 4 nitrogen and oxygen atoms in total. The van der Waals surface area contributed by atoms with Gasteiger partial charge >= 0.3 is 6.09 Å². The molecular formula is C19H25ClN2O2. The van der Waals surface area contributed by atoms with Crippen molar-refractivity contribution in [1.82, 2.24) is 4.90 Å². The number of anilines is 1. The summed E-state index contributed by atoms with van der Waals surface area (Å²) in [5, 5.41) is 0.855. The summed E-state index contributed by atoms with van der Waals surface area (Å²) in [4.78, 5) is 16.9. The molecule has 3 aliphatic rings. The maximum atomic E-state index is 12.6. The monoisotopic (exact) mass is 348 g/mol. The second kappa shape index (κ2) is 5.55. The molecule has 24 heavy (non-hydrogen) atoms. The highest BCUT2D eigenvalue weighted by atomic mass is 35.5. The number of hydrogen-bond acceptors (Lipinski definition) is 3. The van der Waals surface area contributed by atoms with E-state index in [1.165, 1.54) is 29.7 Å². The molecule has 0 unspecified atom stereocenters. The van der Waals surface area contributed by atoms with Gasteiger partial charge in [0.1, 0.15) is 5.60 Å². The lowest BCUT2D eigenvalue weighted by Crippen LogP contribution is -2.40. The van der Waals surface area contributed by atoms with Crippen LogP contribution in [0.2, 0.25) is 5.02 Å². The fraction of sp³-hybridized carbons (Fsp3) is 0.632. The zero-order valence-corrected chi connectivity index (χ0v) is 15.4. The van der Waals surface area contributed by atoms with Crippen molar-refractivity contribution in [3.8, 4) is 0 Å². The SMILES string of the molecule is CC(C)(C)OC(=O)N1CCc2ccc(Cl)c3c2[C@@H](C1)CN3C1CC1. The van der Waals surface area contributed by atoms with Crippen LogP contribution in [0.4, 0.5) is 10.5 Å². The van der Waals surface area contributed by atoms with Crippen LogP contribution in [0.1, 0.15) is 50.7 Å². The maximum absolute atomic E-state index is 12.6. The third kappa shape index (κ3) is 2.85. The number of rotatable bonds is 1. The molecule has 0 N–H and O–H groups in total. The quantitative estimate of drug-likeness (QED) is 0.762. The molecule has 1 saturated carbocycles. The van der Waals surface area contributed by atoms with Crippen molar-refractivity contribution in [2.75, 3.05) is 24.5 Å². The van der Waals surface area contributed by atoms with Crippen molar-refractivity contribution >= 4 is 23.4 Å². The number of carbonyl (C=O) groups excluding carboxylic acids is 1. The smallest absolute Gasteiger partial charge is 0.410 e. The molecule has 1 atom stereocenters. The average molecular weight is 349 g/mol. The second-order valence-corrected chi connectivity index (χ2v) is 8.63. The van der Waals surface area contributed by atoms with Gasteiger partial charge in [-0.15, -0.1) is 0 Å². The zero-order chi connectivity index (χ0) is 17.1. The number of nitrogens with zero attached hydrogens (tertiary/aromatic N) is 2. The average Bonchev–Trinajstić information content (AvgIpc) is 3.27. The Morgan fingerprint density at radius 3 is 2.67 bits per heavy atom. The van der Waals surface area contributed by atoms with Crippen LogP contribution in [0.3, 0.4) is 0 Å². The first kappa shape index (κ1) is 16.1. The van der Waals surface area contributed by atoms with Crippen molar-refractivity contribution < 1.29 is 9.53 Å². The molecule has 1 fully saturated rings. The van der Waals surface area contributed by atoms with E-state index in [-0.39, 0.29) is 6.09 Å². The van der Waals surface area contributed by atoms with E-state index in [2.05, 4.69) is 11.0 Å². The van der Waals surface area contributed by atoms with Crippen molar-refractivity contribution in [2.24, 2.45) is 0 Å². The molecule has 1 aromatic rings. The molecule has 130 valence electrons. The van der Waals surface area contributed by atoms with Gasteiger partial charge in [0.15, 0.2) is 0 Å². The van der Waals surface area contributed by atoms with E-state index in [9.17, 15) is 4.79 Å². The van der Waals surface area contributed by atoms with Crippen molar-refractivity contribution in [3.05, 3.63) is 28.3 Å². The predicted octanol–water partition coefficient (Wildman–Crippen LogP) is 4.20. The van der Waals surface area contributed by atoms with Gasteiger partial charge in [0.25, 0.3) is 0 Å². The summed E-state index contributed by atoms with van der Waals surface area (Å²) in [6.45, 7) is 8.15. The third-order valence-corrected chi connectivity index (χ3v) is 5.41. The minimum absolute atomic E-state index is 0.201. The van der Waals surface area contributed by atoms with Crippen LogP contribution in [-0.2, 0) is 11.2 Å². The standard InChI is InChI=1S/C19H25ClN2O2/c1-19(2,3)24-18(23)21-9-8-12-4-7-15(20)17-16(12)13(10-21)11-22(17)14-5-6-14/h4,7,13-14H,5-6,8-11H2,1-3H3/t13-/m0/s1. The molecule has 0 bridgehead atoms. The highest BCUT2D eigenvalue weighted by Gasteiger charge is 2.42. The van der Waals surface area contributed by atoms with E-state index in [0.29, 0.717) is 18.5 Å². The van der Waals surface area contributed by atoms with Crippen molar-refractivity contribution in [3.63, 3.8) is 0 Å². The van der Waals surface area contributed by atoms with Gasteiger partial charge in [-0.3, -0.25) is 0 Å². The zero-order valence-electron chi connectivity index (χ0n) is 14.6. The van der Waals surface area contributed by atoms with Gasteiger partial charge in [0.05, 0.1) is 10.7 Å². The Morgan fingerprint density at radius 1 is 1.25 bits per heavy atom. The van der Waals surface area contributed by atoms with Crippen LogP contribution < -0.4 is 4.90 Å². The molecule has 0 aromatic heterocycles. The summed E-state index contributed by atoms with van der Waals surface area (Å²) in [5.74, 6) is 0.337. The molecule has 2 heterocycles. The minimum atomic E-state index is -0.458. The lowest BCUT2D eigenvalue weighted by molar-refractivity contribution is 0.0248. The normalized spacial score (nSPS) is 23.1. The largest absolute Gasteiger partial charge is 0.444 e. The topological polar surface area (TPSA) is 32.8 Å². The number of hydrogen-bond donors (Lipinski definition) is 0. The Hall–Kier alpha value is -1.42. The number of benzene rings is 1. The van der Waals surface area contributed by atoms with Crippen LogP contribution >= 0.6 is 11.6 Å². The Bertz CT molecular complexity index is 679. The number of halogens is 1. The van der Waals surface area contributed by atoms with Gasteiger partial charge < -0.3 is 14.5 Å². The van der Waals surface area contributed by atoms with Crippen molar-refractivity contribution in [1.29, 1.82) is 0 Å². The van der Waals surface area contributed by atoms with Crippen LogP contribution in [0, 0.1) is 0 Å². The van der Waals surface area contributed by atoms with E-state index >= 15 is 0 Å². The third-order valence-electron chi connectivity index (χ3n) is 5.10. The van der Waals surface area contributed by atoms with E-state index in [1.807, 2.05) is 31.7 Å². The van der Waals surface area contributed by atoms with Gasteiger partial charge in [-0.05, 0) is 57.2 Å². The molecule has 4 rings (SSSR count). The first-order valence-electron chi connectivity index (χ1n) is 8.89. The molecule has 1 aromatic carbocycles. The second-order valence-electron chi connectivity index (χ2n) is 8.23. The maximum Gasteiger partial charge on any atom is 0.410 e. The van der Waals surface area contributed by atoms with Crippen LogP contribution in [0.15, 0.2) is 12.1 Å². The van der Waals surface area contributed by atoms with Gasteiger partial charge in [0, 0.05) is 31.6 Å². The highest BCUT2D eigenvalue weighted by Crippen LogP contribution is 2.49. The minimum Gasteiger partial charge on any atom is -0.444 e. The lowest BCUT2D eigenvalue weighted by atomic mass is 9.95. The van der Waals surface area contributed by atoms with E-state index < -0.39 is 5.60 Å². The molecule has 0 saturated heterocycles. The first-order chi connectivity index (χ1) is 11.3. The van der Waals surface area contributed by atoms with Crippen molar-refractivity contribution in [2.45, 2.75) is 57.6 Å². The van der Waals surface area contributed by atoms with Crippen LogP contribution in [0.5, 0.6) is 0 Å². The highest BCUT2D eigenvalue weighted by molar-refractivity contribution is 6.33. The van der Waals surface area contributed by atoms with Gasteiger partial charge in [-0.25, -0.2) is 4.79 Å². The number of carbonyl (C=O) groups is 1. The van der Waals surface area contributed by atoms with E-state index in [4.69, 9.17) is 16.3 Å². The molecule has 0 spiro atoms. The lowest BCUT2D eigenvalue weighted by Gasteiger charge is -2.28. The van der Waals surface area contributed by atoms with Gasteiger partial charge in [0.2, 0.25) is 0 Å². The Kier molecular flexibility index (Phi) is 3.72. The summed E-state index contributed by atoms with van der Waals surface area (Å²) < 4.78 is 5.60.